The first kappa shape index (κ1) is 19.8. The Morgan fingerprint density at radius 2 is 1.90 bits per heavy atom. The smallest absolute Gasteiger partial charge is 0.278 e. The monoisotopic (exact) mass is 419 g/mol. The number of hydrogen-bond acceptors (Lipinski definition) is 5. The molecule has 0 unspecified atom stereocenters. The number of pyridine rings is 1. The van der Waals surface area contributed by atoms with E-state index in [1.807, 2.05) is 30.5 Å². The Morgan fingerprint density at radius 1 is 1.10 bits per heavy atom. The first-order chi connectivity index (χ1) is 14.7. The average molecular weight is 419 g/mol. The number of nitrogens with zero attached hydrogens (tertiary/aromatic N) is 4. The van der Waals surface area contributed by atoms with Crippen molar-refractivity contribution in [1.29, 1.82) is 0 Å². The van der Waals surface area contributed by atoms with E-state index in [1.54, 1.807) is 54.5 Å². The van der Waals surface area contributed by atoms with Crippen LogP contribution in [0.25, 0.3) is 11.3 Å². The zero-order valence-corrected chi connectivity index (χ0v) is 16.9. The topological polar surface area (TPSA) is 72.7 Å². The van der Waals surface area contributed by atoms with Crippen LogP contribution in [0.1, 0.15) is 16.1 Å². The molecule has 6 nitrogen and oxygen atoms in total. The molecule has 2 aromatic carbocycles. The normalized spacial score (nSPS) is 10.7. The van der Waals surface area contributed by atoms with Gasteiger partial charge in [-0.3, -0.25) is 9.78 Å². The summed E-state index contributed by atoms with van der Waals surface area (Å²) in [4.78, 5) is 18.1. The van der Waals surface area contributed by atoms with Gasteiger partial charge in [-0.15, -0.1) is 16.9 Å². The van der Waals surface area contributed by atoms with Gasteiger partial charge >= 0.3 is 0 Å². The van der Waals surface area contributed by atoms with Crippen molar-refractivity contribution in [3.05, 3.63) is 90.1 Å². The van der Waals surface area contributed by atoms with Gasteiger partial charge in [0.25, 0.3) is 5.91 Å². The number of carbonyl (C=O) groups is 1. The standard InChI is InChI=1S/C22H18FN5OS/c1-30-18-7-4-6-17(13-18)25-22(29)20-21(15-9-11-24-12-10-15)28(27-26-20)14-16-5-2-3-8-19(16)23/h2-13H,14H2,1H3,(H,25,29). The van der Waals surface area contributed by atoms with E-state index in [4.69, 9.17) is 0 Å². The zero-order chi connectivity index (χ0) is 20.9. The summed E-state index contributed by atoms with van der Waals surface area (Å²) in [6.07, 6.45) is 5.22. The number of benzene rings is 2. The van der Waals surface area contributed by atoms with Gasteiger partial charge in [-0.25, -0.2) is 9.07 Å². The SMILES string of the molecule is CSc1cccc(NC(=O)c2nnn(Cc3ccccc3F)c2-c2ccncc2)c1. The highest BCUT2D eigenvalue weighted by molar-refractivity contribution is 7.98. The van der Waals surface area contributed by atoms with Gasteiger partial charge in [0, 0.05) is 34.1 Å². The summed E-state index contributed by atoms with van der Waals surface area (Å²) in [6.45, 7) is 0.145. The summed E-state index contributed by atoms with van der Waals surface area (Å²) in [5.41, 5.74) is 2.49. The van der Waals surface area contributed by atoms with Gasteiger partial charge < -0.3 is 5.32 Å². The highest BCUT2D eigenvalue weighted by Gasteiger charge is 2.22. The Morgan fingerprint density at radius 3 is 2.67 bits per heavy atom. The quantitative estimate of drug-likeness (QED) is 0.466. The molecular formula is C22H18FN5OS. The average Bonchev–Trinajstić information content (AvgIpc) is 3.20. The molecule has 0 radical (unpaired) electrons. The number of amides is 1. The molecule has 150 valence electrons. The van der Waals surface area contributed by atoms with Crippen LogP contribution in [0.4, 0.5) is 10.1 Å². The van der Waals surface area contributed by atoms with Crippen molar-refractivity contribution in [2.45, 2.75) is 11.4 Å². The number of anilines is 1. The van der Waals surface area contributed by atoms with Crippen LogP contribution >= 0.6 is 11.8 Å². The molecule has 0 saturated carbocycles. The van der Waals surface area contributed by atoms with Gasteiger partial charge in [-0.05, 0) is 42.7 Å². The minimum absolute atomic E-state index is 0.145. The van der Waals surface area contributed by atoms with Crippen molar-refractivity contribution in [2.75, 3.05) is 11.6 Å². The second-order valence-electron chi connectivity index (χ2n) is 6.46. The molecule has 0 aliphatic carbocycles. The van der Waals surface area contributed by atoms with Crippen molar-refractivity contribution >= 4 is 23.4 Å². The van der Waals surface area contributed by atoms with Crippen LogP contribution in [0.5, 0.6) is 0 Å². The van der Waals surface area contributed by atoms with Crippen molar-refractivity contribution in [3.8, 4) is 11.3 Å². The van der Waals surface area contributed by atoms with Crippen molar-refractivity contribution in [2.24, 2.45) is 0 Å². The number of halogens is 1. The third-order valence-electron chi connectivity index (χ3n) is 4.51. The molecule has 1 amide bonds. The third kappa shape index (κ3) is 4.23. The van der Waals surface area contributed by atoms with E-state index in [1.165, 1.54) is 10.7 Å². The Hall–Kier alpha value is -3.52. The molecule has 4 rings (SSSR count). The molecule has 1 N–H and O–H groups in total. The molecule has 0 fully saturated rings. The molecule has 0 spiro atoms. The summed E-state index contributed by atoms with van der Waals surface area (Å²) in [5, 5.41) is 11.1. The number of rotatable bonds is 6. The maximum atomic E-state index is 14.2. The molecule has 0 saturated heterocycles. The largest absolute Gasteiger partial charge is 0.320 e. The van der Waals surface area contributed by atoms with Crippen LogP contribution < -0.4 is 5.32 Å². The van der Waals surface area contributed by atoms with E-state index in [0.29, 0.717) is 22.5 Å². The lowest BCUT2D eigenvalue weighted by Crippen LogP contribution is -2.14. The molecule has 2 heterocycles. The van der Waals surface area contributed by atoms with E-state index < -0.39 is 0 Å². The van der Waals surface area contributed by atoms with Gasteiger partial charge in [-0.1, -0.05) is 29.5 Å². The van der Waals surface area contributed by atoms with Gasteiger partial charge in [0.1, 0.15) is 11.5 Å². The lowest BCUT2D eigenvalue weighted by Gasteiger charge is -2.10. The molecule has 4 aromatic rings. The molecule has 2 aromatic heterocycles. The lowest BCUT2D eigenvalue weighted by atomic mass is 10.1. The van der Waals surface area contributed by atoms with E-state index in [-0.39, 0.29) is 24.0 Å². The molecule has 0 bridgehead atoms. The van der Waals surface area contributed by atoms with Crippen LogP contribution in [-0.4, -0.2) is 32.1 Å². The minimum atomic E-state index is -0.389. The maximum Gasteiger partial charge on any atom is 0.278 e. The van der Waals surface area contributed by atoms with E-state index in [2.05, 4.69) is 20.6 Å². The minimum Gasteiger partial charge on any atom is -0.320 e. The molecular weight excluding hydrogens is 401 g/mol. The van der Waals surface area contributed by atoms with Gasteiger partial charge in [-0.2, -0.15) is 0 Å². The van der Waals surface area contributed by atoms with Crippen LogP contribution in [0.15, 0.2) is 78.0 Å². The summed E-state index contributed by atoms with van der Waals surface area (Å²) in [6, 6.07) is 17.5. The molecule has 0 atom stereocenters. The number of hydrogen-bond donors (Lipinski definition) is 1. The van der Waals surface area contributed by atoms with Crippen molar-refractivity contribution in [3.63, 3.8) is 0 Å². The second-order valence-corrected chi connectivity index (χ2v) is 7.34. The van der Waals surface area contributed by atoms with Gasteiger partial charge in [0.2, 0.25) is 0 Å². The number of nitrogens with one attached hydrogen (secondary N) is 1. The fourth-order valence-electron chi connectivity index (χ4n) is 3.05. The van der Waals surface area contributed by atoms with Crippen LogP contribution in [0, 0.1) is 5.82 Å². The molecule has 30 heavy (non-hydrogen) atoms. The summed E-state index contributed by atoms with van der Waals surface area (Å²) in [7, 11) is 0. The maximum absolute atomic E-state index is 14.2. The first-order valence-electron chi connectivity index (χ1n) is 9.18. The Kier molecular flexibility index (Phi) is 5.85. The fourth-order valence-corrected chi connectivity index (χ4v) is 3.51. The second kappa shape index (κ2) is 8.87. The Bertz CT molecular complexity index is 1180. The predicted octanol–water partition coefficient (Wildman–Crippen LogP) is 4.50. The summed E-state index contributed by atoms with van der Waals surface area (Å²) >= 11 is 1.59. The van der Waals surface area contributed by atoms with Crippen LogP contribution in [0.3, 0.4) is 0 Å². The lowest BCUT2D eigenvalue weighted by molar-refractivity contribution is 0.102. The van der Waals surface area contributed by atoms with E-state index >= 15 is 0 Å². The highest BCUT2D eigenvalue weighted by Crippen LogP contribution is 2.25. The third-order valence-corrected chi connectivity index (χ3v) is 5.23. The predicted molar refractivity (Wildman–Crippen MR) is 115 cm³/mol. The number of thioether (sulfide) groups is 1. The van der Waals surface area contributed by atoms with Crippen molar-refractivity contribution in [1.82, 2.24) is 20.0 Å². The van der Waals surface area contributed by atoms with Gasteiger partial charge in [0.15, 0.2) is 5.69 Å². The zero-order valence-electron chi connectivity index (χ0n) is 16.1. The Labute approximate surface area is 177 Å². The van der Waals surface area contributed by atoms with E-state index in [0.717, 1.165) is 4.90 Å². The number of aromatic nitrogens is 4. The van der Waals surface area contributed by atoms with Crippen LogP contribution in [-0.2, 0) is 6.54 Å². The summed E-state index contributed by atoms with van der Waals surface area (Å²) in [5.74, 6) is -0.728. The van der Waals surface area contributed by atoms with Gasteiger partial charge in [0.05, 0.1) is 6.54 Å². The van der Waals surface area contributed by atoms with E-state index in [9.17, 15) is 9.18 Å². The summed E-state index contributed by atoms with van der Waals surface area (Å²) < 4.78 is 15.7. The molecule has 0 aliphatic rings. The van der Waals surface area contributed by atoms with Crippen molar-refractivity contribution < 1.29 is 9.18 Å². The Balaban J connectivity index is 1.71. The first-order valence-corrected chi connectivity index (χ1v) is 10.4. The number of carbonyl (C=O) groups excluding carboxylic acids is 1. The fraction of sp³-hybridized carbons (Fsp3) is 0.0909. The highest BCUT2D eigenvalue weighted by atomic mass is 32.2. The van der Waals surface area contributed by atoms with Crippen LogP contribution in [0.2, 0.25) is 0 Å². The molecule has 0 aliphatic heterocycles. The molecule has 8 heteroatoms.